The van der Waals surface area contributed by atoms with Crippen LogP contribution in [0, 0.1) is 6.92 Å². The molecule has 0 spiro atoms. The van der Waals surface area contributed by atoms with Crippen molar-refractivity contribution in [1.82, 2.24) is 0 Å². The fourth-order valence-electron chi connectivity index (χ4n) is 1.67. The molecule has 0 aliphatic rings. The van der Waals surface area contributed by atoms with Gasteiger partial charge < -0.3 is 10.8 Å². The Balaban J connectivity index is 3.19. The lowest BCUT2D eigenvalue weighted by atomic mass is 9.70. The molecule has 1 aromatic heterocycles. The molecule has 1 atom stereocenters. The molecule has 0 aliphatic heterocycles. The van der Waals surface area contributed by atoms with Crippen LogP contribution in [-0.4, -0.2) is 16.6 Å². The topological polar surface area (TPSA) is 63.3 Å². The van der Waals surface area contributed by atoms with Gasteiger partial charge in [-0.25, -0.2) is 0 Å². The highest BCUT2D eigenvalue weighted by Crippen LogP contribution is 2.40. The summed E-state index contributed by atoms with van der Waals surface area (Å²) in [6.07, 6.45) is 0.0520. The van der Waals surface area contributed by atoms with E-state index in [1.54, 1.807) is 11.3 Å². The molecule has 16 heavy (non-hydrogen) atoms. The minimum atomic E-state index is -0.813. The normalized spacial score (nSPS) is 15.8. The molecule has 1 heterocycles. The van der Waals surface area contributed by atoms with E-state index < -0.39 is 16.9 Å². The Kier molecular flexibility index (Phi) is 3.45. The van der Waals surface area contributed by atoms with E-state index in [0.717, 1.165) is 4.88 Å². The fourth-order valence-corrected chi connectivity index (χ4v) is 2.85. The van der Waals surface area contributed by atoms with E-state index in [9.17, 15) is 4.79 Å². The molecule has 90 valence electrons. The van der Waals surface area contributed by atoms with Gasteiger partial charge in [0.25, 0.3) is 0 Å². The van der Waals surface area contributed by atoms with Crippen LogP contribution in [0.5, 0.6) is 0 Å². The number of carboxylic acid groups (broad SMARTS) is 1. The predicted octanol–water partition coefficient (Wildman–Crippen LogP) is 2.53. The van der Waals surface area contributed by atoms with Crippen LogP contribution in [0.3, 0.4) is 0 Å². The van der Waals surface area contributed by atoms with E-state index in [2.05, 4.69) is 0 Å². The van der Waals surface area contributed by atoms with E-state index in [-0.39, 0.29) is 6.42 Å². The predicted molar refractivity (Wildman–Crippen MR) is 66.9 cm³/mol. The summed E-state index contributed by atoms with van der Waals surface area (Å²) >= 11 is 1.62. The largest absolute Gasteiger partial charge is 0.481 e. The second kappa shape index (κ2) is 4.18. The summed E-state index contributed by atoms with van der Waals surface area (Å²) in [5, 5.41) is 9.03. The molecular weight excluding hydrogens is 222 g/mol. The van der Waals surface area contributed by atoms with Crippen molar-refractivity contribution >= 4 is 17.3 Å². The van der Waals surface area contributed by atoms with Crippen molar-refractivity contribution in [1.29, 1.82) is 0 Å². The highest BCUT2D eigenvalue weighted by molar-refractivity contribution is 7.12. The number of carboxylic acids is 1. The molecule has 1 rings (SSSR count). The van der Waals surface area contributed by atoms with Crippen molar-refractivity contribution < 1.29 is 9.90 Å². The highest BCUT2D eigenvalue weighted by Gasteiger charge is 2.42. The molecule has 4 heteroatoms. The van der Waals surface area contributed by atoms with Crippen molar-refractivity contribution in [2.24, 2.45) is 5.73 Å². The Morgan fingerprint density at radius 1 is 1.44 bits per heavy atom. The molecule has 0 bridgehead atoms. The average Bonchev–Trinajstić information content (AvgIpc) is 2.48. The third-order valence-electron chi connectivity index (χ3n) is 3.21. The number of aryl methyl sites for hydroxylation is 1. The average molecular weight is 241 g/mol. The molecule has 0 amide bonds. The minimum absolute atomic E-state index is 0.0520. The Bertz CT molecular complexity index is 392. The van der Waals surface area contributed by atoms with E-state index in [1.807, 2.05) is 39.8 Å². The summed E-state index contributed by atoms with van der Waals surface area (Å²) in [6.45, 7) is 7.70. The van der Waals surface area contributed by atoms with Crippen LogP contribution in [0.25, 0.3) is 0 Å². The highest BCUT2D eigenvalue weighted by atomic mass is 32.1. The third kappa shape index (κ3) is 2.44. The van der Waals surface area contributed by atoms with Crippen molar-refractivity contribution in [3.8, 4) is 0 Å². The van der Waals surface area contributed by atoms with Crippen LogP contribution in [0.2, 0.25) is 0 Å². The Morgan fingerprint density at radius 3 is 2.31 bits per heavy atom. The molecule has 0 saturated heterocycles. The molecule has 0 saturated carbocycles. The molecule has 0 fully saturated rings. The number of hydrogen-bond acceptors (Lipinski definition) is 3. The molecule has 1 unspecified atom stereocenters. The molecule has 0 radical (unpaired) electrons. The van der Waals surface area contributed by atoms with Gasteiger partial charge >= 0.3 is 5.97 Å². The first kappa shape index (κ1) is 13.2. The lowest BCUT2D eigenvalue weighted by Gasteiger charge is -2.40. The molecule has 0 aromatic carbocycles. The van der Waals surface area contributed by atoms with Crippen molar-refractivity contribution in [3.63, 3.8) is 0 Å². The standard InChI is InChI=1S/C12H19NO2S/c1-8-5-6-9(16-8)12(4,7-10(14)15)11(2,3)13/h5-6H,7,13H2,1-4H3,(H,14,15). The fraction of sp³-hybridized carbons (Fsp3) is 0.583. The van der Waals surface area contributed by atoms with Gasteiger partial charge in [-0.3, -0.25) is 4.79 Å². The maximum Gasteiger partial charge on any atom is 0.304 e. The number of carbonyl (C=O) groups is 1. The summed E-state index contributed by atoms with van der Waals surface area (Å²) in [7, 11) is 0. The van der Waals surface area contributed by atoms with Gasteiger partial charge in [-0.05, 0) is 32.9 Å². The van der Waals surface area contributed by atoms with Gasteiger partial charge in [-0.15, -0.1) is 11.3 Å². The molecule has 0 aliphatic carbocycles. The summed E-state index contributed by atoms with van der Waals surface area (Å²) in [6, 6.07) is 3.99. The third-order valence-corrected chi connectivity index (χ3v) is 4.48. The van der Waals surface area contributed by atoms with Crippen LogP contribution in [0.15, 0.2) is 12.1 Å². The van der Waals surface area contributed by atoms with E-state index in [1.165, 1.54) is 4.88 Å². The lowest BCUT2D eigenvalue weighted by molar-refractivity contribution is -0.139. The Hall–Kier alpha value is -0.870. The number of rotatable bonds is 4. The smallest absolute Gasteiger partial charge is 0.304 e. The van der Waals surface area contributed by atoms with Gasteiger partial charge in [0, 0.05) is 20.7 Å². The van der Waals surface area contributed by atoms with E-state index in [0.29, 0.717) is 0 Å². The van der Waals surface area contributed by atoms with Crippen LogP contribution in [0.1, 0.15) is 36.9 Å². The van der Waals surface area contributed by atoms with Crippen LogP contribution in [-0.2, 0) is 10.2 Å². The first-order chi connectivity index (χ1) is 7.17. The summed E-state index contributed by atoms with van der Waals surface area (Å²) in [5.41, 5.74) is 5.05. The summed E-state index contributed by atoms with van der Waals surface area (Å²) in [5.74, 6) is -0.813. The summed E-state index contributed by atoms with van der Waals surface area (Å²) in [4.78, 5) is 13.2. The maximum atomic E-state index is 11.0. The van der Waals surface area contributed by atoms with Gasteiger partial charge in [0.15, 0.2) is 0 Å². The van der Waals surface area contributed by atoms with Crippen LogP contribution in [0.4, 0.5) is 0 Å². The zero-order valence-electron chi connectivity index (χ0n) is 10.2. The minimum Gasteiger partial charge on any atom is -0.481 e. The van der Waals surface area contributed by atoms with Crippen molar-refractivity contribution in [2.45, 2.75) is 45.1 Å². The first-order valence-electron chi connectivity index (χ1n) is 5.24. The quantitative estimate of drug-likeness (QED) is 0.851. The van der Waals surface area contributed by atoms with E-state index >= 15 is 0 Å². The second-order valence-corrected chi connectivity index (χ2v) is 6.32. The SMILES string of the molecule is Cc1ccc(C(C)(CC(=O)O)C(C)(C)N)s1. The van der Waals surface area contributed by atoms with E-state index in [4.69, 9.17) is 10.8 Å². The van der Waals surface area contributed by atoms with Gasteiger partial charge in [0.1, 0.15) is 0 Å². The first-order valence-corrected chi connectivity index (χ1v) is 6.06. The van der Waals surface area contributed by atoms with Gasteiger partial charge in [0.05, 0.1) is 6.42 Å². The number of nitrogens with two attached hydrogens (primary N) is 1. The van der Waals surface area contributed by atoms with Gasteiger partial charge in [-0.1, -0.05) is 6.92 Å². The summed E-state index contributed by atoms with van der Waals surface area (Å²) < 4.78 is 0. The second-order valence-electron chi connectivity index (χ2n) is 5.03. The zero-order chi connectivity index (χ0) is 12.6. The van der Waals surface area contributed by atoms with Crippen LogP contribution >= 0.6 is 11.3 Å². The molecule has 3 nitrogen and oxygen atoms in total. The number of thiophene rings is 1. The molecule has 3 N–H and O–H groups in total. The molecular formula is C12H19NO2S. The zero-order valence-corrected chi connectivity index (χ0v) is 11.0. The van der Waals surface area contributed by atoms with Crippen molar-refractivity contribution in [3.05, 3.63) is 21.9 Å². The number of aliphatic carboxylic acids is 1. The van der Waals surface area contributed by atoms with Crippen LogP contribution < -0.4 is 5.73 Å². The molecule has 1 aromatic rings. The van der Waals surface area contributed by atoms with Gasteiger partial charge in [0.2, 0.25) is 0 Å². The maximum absolute atomic E-state index is 11.0. The Labute approximate surface area is 100 Å². The lowest BCUT2D eigenvalue weighted by Crippen LogP contribution is -2.52. The number of hydrogen-bond donors (Lipinski definition) is 2. The van der Waals surface area contributed by atoms with Gasteiger partial charge in [-0.2, -0.15) is 0 Å². The monoisotopic (exact) mass is 241 g/mol. The van der Waals surface area contributed by atoms with Crippen molar-refractivity contribution in [2.75, 3.05) is 0 Å². The Morgan fingerprint density at radius 2 is 2.00 bits per heavy atom.